The predicted molar refractivity (Wildman–Crippen MR) is 72.1 cm³/mol. The van der Waals surface area contributed by atoms with Crippen molar-refractivity contribution in [1.29, 1.82) is 0 Å². The van der Waals surface area contributed by atoms with Crippen LogP contribution in [0.25, 0.3) is 0 Å². The molecule has 2 aliphatic rings. The fourth-order valence-electron chi connectivity index (χ4n) is 3.59. The third kappa shape index (κ3) is 3.93. The first-order chi connectivity index (χ1) is 8.79. The number of hydrogen-bond acceptors (Lipinski definition) is 1. The van der Waals surface area contributed by atoms with Crippen molar-refractivity contribution in [2.24, 2.45) is 17.8 Å². The van der Waals surface area contributed by atoms with Gasteiger partial charge in [-0.3, -0.25) is 9.18 Å². The van der Waals surface area contributed by atoms with Gasteiger partial charge in [-0.2, -0.15) is 0 Å². The normalized spacial score (nSPS) is 31.1. The topological polar surface area (TPSA) is 17.1 Å². The molecule has 0 spiro atoms. The van der Waals surface area contributed by atoms with Crippen molar-refractivity contribution in [1.82, 2.24) is 0 Å². The van der Waals surface area contributed by atoms with Gasteiger partial charge >= 0.3 is 0 Å². The largest absolute Gasteiger partial charge is 0.300 e. The minimum absolute atomic E-state index is 0.234. The van der Waals surface area contributed by atoms with E-state index < -0.39 is 0 Å². The van der Waals surface area contributed by atoms with Crippen LogP contribution in [0.3, 0.4) is 0 Å². The third-order valence-electron chi connectivity index (χ3n) is 4.76. The number of ketones is 1. The number of hydrogen-bond donors (Lipinski definition) is 0. The van der Waals surface area contributed by atoms with Crippen LogP contribution in [0.2, 0.25) is 0 Å². The highest BCUT2D eigenvalue weighted by atomic mass is 19.1. The molecule has 2 rings (SSSR count). The van der Waals surface area contributed by atoms with E-state index in [0.29, 0.717) is 18.1 Å². The van der Waals surface area contributed by atoms with Crippen LogP contribution in [0.5, 0.6) is 0 Å². The Hall–Kier alpha value is -0.660. The van der Waals surface area contributed by atoms with Crippen LogP contribution in [0.1, 0.15) is 57.8 Å². The number of allylic oxidation sites excluding steroid dienone is 2. The molecule has 0 amide bonds. The summed E-state index contributed by atoms with van der Waals surface area (Å²) in [6, 6.07) is 0. The Bertz CT molecular complexity index is 279. The summed E-state index contributed by atoms with van der Waals surface area (Å²) in [6.45, 7) is -0.234. The van der Waals surface area contributed by atoms with Crippen molar-refractivity contribution >= 4 is 5.78 Å². The third-order valence-corrected chi connectivity index (χ3v) is 4.76. The first-order valence-electron chi connectivity index (χ1n) is 7.54. The highest BCUT2D eigenvalue weighted by Crippen LogP contribution is 2.39. The lowest BCUT2D eigenvalue weighted by Crippen LogP contribution is -2.25. The highest BCUT2D eigenvalue weighted by molar-refractivity contribution is 5.79. The summed E-state index contributed by atoms with van der Waals surface area (Å²) in [7, 11) is 0. The van der Waals surface area contributed by atoms with Gasteiger partial charge in [0.25, 0.3) is 0 Å². The molecule has 0 aromatic carbocycles. The second kappa shape index (κ2) is 7.06. The van der Waals surface area contributed by atoms with E-state index >= 15 is 0 Å². The first-order valence-corrected chi connectivity index (χ1v) is 7.54. The van der Waals surface area contributed by atoms with E-state index in [1.807, 2.05) is 6.08 Å². The van der Waals surface area contributed by atoms with E-state index in [0.717, 1.165) is 37.5 Å². The molecule has 0 bridgehead atoms. The number of alkyl halides is 1. The maximum absolute atomic E-state index is 12.0. The molecule has 0 radical (unpaired) electrons. The maximum atomic E-state index is 12.0. The Kier molecular flexibility index (Phi) is 5.40. The molecule has 0 aromatic rings. The molecule has 0 atom stereocenters. The molecule has 2 heteroatoms. The summed E-state index contributed by atoms with van der Waals surface area (Å²) in [6.07, 6.45) is 13.8. The standard InChI is InChI=1S/C16H25FO/c17-12-2-1-3-13-4-6-14(7-5-13)15-8-10-16(18)11-9-15/h1,3,13-15H,2,4-12H2/b3-1+. The van der Waals surface area contributed by atoms with E-state index in [-0.39, 0.29) is 6.67 Å². The van der Waals surface area contributed by atoms with Crippen LogP contribution in [0, 0.1) is 17.8 Å². The second-order valence-corrected chi connectivity index (χ2v) is 5.96. The summed E-state index contributed by atoms with van der Waals surface area (Å²) < 4.78 is 12.0. The SMILES string of the molecule is O=C1CCC(C2CCC(/C=C/CCF)CC2)CC1. The molecule has 0 unspecified atom stereocenters. The van der Waals surface area contributed by atoms with Gasteiger partial charge in [-0.25, -0.2) is 0 Å². The van der Waals surface area contributed by atoms with E-state index in [9.17, 15) is 9.18 Å². The second-order valence-electron chi connectivity index (χ2n) is 5.96. The zero-order chi connectivity index (χ0) is 12.8. The van der Waals surface area contributed by atoms with Gasteiger partial charge in [0, 0.05) is 12.8 Å². The van der Waals surface area contributed by atoms with Crippen molar-refractivity contribution < 1.29 is 9.18 Å². The zero-order valence-corrected chi connectivity index (χ0v) is 11.2. The smallest absolute Gasteiger partial charge is 0.132 e. The van der Waals surface area contributed by atoms with Crippen molar-refractivity contribution in [3.05, 3.63) is 12.2 Å². The van der Waals surface area contributed by atoms with Gasteiger partial charge in [-0.05, 0) is 62.7 Å². The average molecular weight is 252 g/mol. The van der Waals surface area contributed by atoms with Crippen LogP contribution >= 0.6 is 0 Å². The molecular weight excluding hydrogens is 227 g/mol. The Labute approximate surface area is 110 Å². The lowest BCUT2D eigenvalue weighted by atomic mass is 9.71. The van der Waals surface area contributed by atoms with Gasteiger partial charge in [0.2, 0.25) is 0 Å². The molecule has 0 N–H and O–H groups in total. The van der Waals surface area contributed by atoms with Crippen LogP contribution < -0.4 is 0 Å². The van der Waals surface area contributed by atoms with Crippen LogP contribution in [-0.4, -0.2) is 12.5 Å². The van der Waals surface area contributed by atoms with Crippen molar-refractivity contribution in [3.63, 3.8) is 0 Å². The van der Waals surface area contributed by atoms with E-state index in [4.69, 9.17) is 0 Å². The zero-order valence-electron chi connectivity index (χ0n) is 11.2. The Morgan fingerprint density at radius 3 is 2.22 bits per heavy atom. The van der Waals surface area contributed by atoms with Crippen molar-refractivity contribution in [3.8, 4) is 0 Å². The lowest BCUT2D eigenvalue weighted by Gasteiger charge is -2.34. The van der Waals surface area contributed by atoms with Crippen LogP contribution in [-0.2, 0) is 4.79 Å². The average Bonchev–Trinajstić information content (AvgIpc) is 2.41. The summed E-state index contributed by atoms with van der Waals surface area (Å²) in [5.41, 5.74) is 0. The Morgan fingerprint density at radius 1 is 1.00 bits per heavy atom. The van der Waals surface area contributed by atoms with Gasteiger partial charge in [0.15, 0.2) is 0 Å². The molecule has 0 saturated heterocycles. The number of Topliss-reactive ketones (excluding diaryl/α,β-unsaturated/α-hetero) is 1. The maximum Gasteiger partial charge on any atom is 0.132 e. The molecular formula is C16H25FO. The molecule has 1 nitrogen and oxygen atoms in total. The lowest BCUT2D eigenvalue weighted by molar-refractivity contribution is -0.121. The van der Waals surface area contributed by atoms with Gasteiger partial charge in [0.05, 0.1) is 6.67 Å². The number of carbonyl (C=O) groups is 1. The molecule has 0 heterocycles. The van der Waals surface area contributed by atoms with Crippen molar-refractivity contribution in [2.45, 2.75) is 57.8 Å². The van der Waals surface area contributed by atoms with Gasteiger partial charge in [-0.15, -0.1) is 0 Å². The van der Waals surface area contributed by atoms with Crippen LogP contribution in [0.4, 0.5) is 4.39 Å². The first kappa shape index (κ1) is 13.8. The molecule has 18 heavy (non-hydrogen) atoms. The molecule has 0 aromatic heterocycles. The van der Waals surface area contributed by atoms with Gasteiger partial charge < -0.3 is 0 Å². The Balaban J connectivity index is 1.71. The fourth-order valence-corrected chi connectivity index (χ4v) is 3.59. The quantitative estimate of drug-likeness (QED) is 0.675. The molecule has 2 saturated carbocycles. The van der Waals surface area contributed by atoms with Gasteiger partial charge in [0.1, 0.15) is 5.78 Å². The number of rotatable bonds is 4. The Morgan fingerprint density at radius 2 is 1.61 bits per heavy atom. The van der Waals surface area contributed by atoms with E-state index in [1.54, 1.807) is 0 Å². The van der Waals surface area contributed by atoms with E-state index in [1.165, 1.54) is 25.7 Å². The number of carbonyl (C=O) groups excluding carboxylic acids is 1. The fraction of sp³-hybridized carbons (Fsp3) is 0.812. The van der Waals surface area contributed by atoms with Crippen LogP contribution in [0.15, 0.2) is 12.2 Å². The van der Waals surface area contributed by atoms with E-state index in [2.05, 4.69) is 6.08 Å². The molecule has 2 fully saturated rings. The summed E-state index contributed by atoms with van der Waals surface area (Å²) >= 11 is 0. The summed E-state index contributed by atoms with van der Waals surface area (Å²) in [5, 5.41) is 0. The van der Waals surface area contributed by atoms with Gasteiger partial charge in [-0.1, -0.05) is 12.2 Å². The molecule has 102 valence electrons. The summed E-state index contributed by atoms with van der Waals surface area (Å²) in [5.74, 6) is 2.80. The molecule has 0 aliphatic heterocycles. The minimum Gasteiger partial charge on any atom is -0.300 e. The number of halogens is 1. The predicted octanol–water partition coefficient (Wildman–Crippen LogP) is 4.47. The minimum atomic E-state index is -0.234. The highest BCUT2D eigenvalue weighted by Gasteiger charge is 2.29. The molecule has 2 aliphatic carbocycles. The monoisotopic (exact) mass is 252 g/mol. The summed E-state index contributed by atoms with van der Waals surface area (Å²) in [4.78, 5) is 11.3. The van der Waals surface area contributed by atoms with Crippen molar-refractivity contribution in [2.75, 3.05) is 6.67 Å².